The molecule has 0 aliphatic rings. The first-order chi connectivity index (χ1) is 12.0. The fourth-order valence-corrected chi connectivity index (χ4v) is 3.13. The average molecular weight is 377 g/mol. The van der Waals surface area contributed by atoms with Crippen LogP contribution in [0.3, 0.4) is 0 Å². The van der Waals surface area contributed by atoms with Crippen LogP contribution in [-0.4, -0.2) is 29.5 Å². The number of halogens is 1. The molecule has 2 rings (SSSR count). The molecule has 1 N–H and O–H groups in total. The summed E-state index contributed by atoms with van der Waals surface area (Å²) in [5, 5.41) is 3.64. The molecular formula is C19H21ClN2O2S. The summed E-state index contributed by atoms with van der Waals surface area (Å²) < 4.78 is 0. The van der Waals surface area contributed by atoms with Crippen molar-refractivity contribution in [2.45, 2.75) is 24.8 Å². The maximum Gasteiger partial charge on any atom is 0.225 e. The quantitative estimate of drug-likeness (QED) is 0.727. The summed E-state index contributed by atoms with van der Waals surface area (Å²) in [6.07, 6.45) is 0.407. The molecule has 0 saturated heterocycles. The molecule has 0 atom stereocenters. The van der Waals surface area contributed by atoms with Crippen LogP contribution < -0.4 is 5.32 Å². The predicted octanol–water partition coefficient (Wildman–Crippen LogP) is 4.44. The van der Waals surface area contributed by atoms with Crippen LogP contribution in [0.2, 0.25) is 5.02 Å². The molecule has 0 aliphatic carbocycles. The molecular weight excluding hydrogens is 356 g/mol. The Hall–Kier alpha value is -1.98. The van der Waals surface area contributed by atoms with Crippen molar-refractivity contribution in [3.8, 4) is 0 Å². The van der Waals surface area contributed by atoms with Gasteiger partial charge in [-0.3, -0.25) is 9.59 Å². The Balaban J connectivity index is 1.87. The van der Waals surface area contributed by atoms with Crippen LogP contribution in [0.25, 0.3) is 0 Å². The van der Waals surface area contributed by atoms with Gasteiger partial charge in [0.1, 0.15) is 0 Å². The Kier molecular flexibility index (Phi) is 7.34. The Morgan fingerprint density at radius 2 is 1.80 bits per heavy atom. The van der Waals surface area contributed by atoms with Gasteiger partial charge in [0, 0.05) is 48.3 Å². The van der Waals surface area contributed by atoms with Crippen molar-refractivity contribution in [2.24, 2.45) is 0 Å². The number of nitrogens with zero attached hydrogens (tertiary/aromatic N) is 1. The van der Waals surface area contributed by atoms with E-state index in [1.165, 1.54) is 6.92 Å². The van der Waals surface area contributed by atoms with Crippen molar-refractivity contribution in [2.75, 3.05) is 18.1 Å². The second-order valence-electron chi connectivity index (χ2n) is 5.63. The Labute approximate surface area is 157 Å². The lowest BCUT2D eigenvalue weighted by Gasteiger charge is -2.17. The molecule has 25 heavy (non-hydrogen) atoms. The topological polar surface area (TPSA) is 49.4 Å². The predicted molar refractivity (Wildman–Crippen MR) is 104 cm³/mol. The zero-order valence-electron chi connectivity index (χ0n) is 14.3. The van der Waals surface area contributed by atoms with Gasteiger partial charge in [0.2, 0.25) is 11.8 Å². The number of carbonyl (C=O) groups is 2. The molecule has 2 aromatic carbocycles. The van der Waals surface area contributed by atoms with Gasteiger partial charge in [-0.05, 0) is 35.9 Å². The lowest BCUT2D eigenvalue weighted by Crippen LogP contribution is -2.24. The van der Waals surface area contributed by atoms with Crippen molar-refractivity contribution in [1.29, 1.82) is 0 Å². The summed E-state index contributed by atoms with van der Waals surface area (Å²) in [5.41, 5.74) is 1.66. The van der Waals surface area contributed by atoms with E-state index in [0.717, 1.165) is 16.1 Å². The van der Waals surface area contributed by atoms with E-state index in [1.54, 1.807) is 23.7 Å². The Morgan fingerprint density at radius 3 is 2.48 bits per heavy atom. The summed E-state index contributed by atoms with van der Waals surface area (Å²) in [6.45, 7) is 1.99. The zero-order chi connectivity index (χ0) is 18.2. The van der Waals surface area contributed by atoms with Crippen molar-refractivity contribution >= 4 is 40.9 Å². The average Bonchev–Trinajstić information content (AvgIpc) is 2.58. The Bertz CT molecular complexity index is 734. The maximum absolute atomic E-state index is 12.2. The molecule has 4 nitrogen and oxygen atoms in total. The lowest BCUT2D eigenvalue weighted by molar-refractivity contribution is -0.128. The second kappa shape index (κ2) is 9.49. The van der Waals surface area contributed by atoms with E-state index in [0.29, 0.717) is 23.7 Å². The fourth-order valence-electron chi connectivity index (χ4n) is 2.15. The van der Waals surface area contributed by atoms with Crippen LogP contribution in [0.4, 0.5) is 5.69 Å². The number of anilines is 1. The maximum atomic E-state index is 12.2. The van der Waals surface area contributed by atoms with Gasteiger partial charge in [-0.15, -0.1) is 11.8 Å². The minimum absolute atomic E-state index is 0.0134. The highest BCUT2D eigenvalue weighted by atomic mass is 35.5. The number of carbonyl (C=O) groups excluding carboxylic acids is 2. The molecule has 132 valence electrons. The van der Waals surface area contributed by atoms with Crippen LogP contribution in [0.1, 0.15) is 18.9 Å². The summed E-state index contributed by atoms with van der Waals surface area (Å²) in [6, 6.07) is 15.1. The molecule has 2 aromatic rings. The van der Waals surface area contributed by atoms with Crippen molar-refractivity contribution in [3.63, 3.8) is 0 Å². The van der Waals surface area contributed by atoms with Gasteiger partial charge in [-0.25, -0.2) is 0 Å². The SMILES string of the molecule is CC(=O)N(C)Cc1ccccc1NC(=O)CCSc1ccc(Cl)cc1. The first-order valence-electron chi connectivity index (χ1n) is 7.93. The molecule has 0 aliphatic heterocycles. The summed E-state index contributed by atoms with van der Waals surface area (Å²) in [7, 11) is 1.74. The van der Waals surface area contributed by atoms with E-state index in [2.05, 4.69) is 5.32 Å². The number of hydrogen-bond donors (Lipinski definition) is 1. The summed E-state index contributed by atoms with van der Waals surface area (Å²) in [5.74, 6) is 0.628. The first-order valence-corrected chi connectivity index (χ1v) is 9.30. The van der Waals surface area contributed by atoms with E-state index in [-0.39, 0.29) is 11.8 Å². The molecule has 0 radical (unpaired) electrons. The summed E-state index contributed by atoms with van der Waals surface area (Å²) >= 11 is 7.47. The monoisotopic (exact) mass is 376 g/mol. The zero-order valence-corrected chi connectivity index (χ0v) is 15.9. The van der Waals surface area contributed by atoms with E-state index in [9.17, 15) is 9.59 Å². The van der Waals surface area contributed by atoms with Gasteiger partial charge in [0.25, 0.3) is 0 Å². The molecule has 2 amide bonds. The first kappa shape index (κ1) is 19.3. The van der Waals surface area contributed by atoms with Crippen molar-refractivity contribution in [1.82, 2.24) is 4.90 Å². The van der Waals surface area contributed by atoms with Gasteiger partial charge in [0.05, 0.1) is 0 Å². The molecule has 0 spiro atoms. The molecule has 0 unspecified atom stereocenters. The largest absolute Gasteiger partial charge is 0.342 e. The molecule has 0 bridgehead atoms. The van der Waals surface area contributed by atoms with Crippen LogP contribution in [0, 0.1) is 0 Å². The highest BCUT2D eigenvalue weighted by Crippen LogP contribution is 2.22. The number of para-hydroxylation sites is 1. The van der Waals surface area contributed by atoms with Gasteiger partial charge < -0.3 is 10.2 Å². The molecule has 0 fully saturated rings. The van der Waals surface area contributed by atoms with Gasteiger partial charge >= 0.3 is 0 Å². The van der Waals surface area contributed by atoms with Gasteiger partial charge in [-0.1, -0.05) is 29.8 Å². The van der Waals surface area contributed by atoms with Gasteiger partial charge in [-0.2, -0.15) is 0 Å². The second-order valence-corrected chi connectivity index (χ2v) is 7.24. The van der Waals surface area contributed by atoms with Crippen LogP contribution in [-0.2, 0) is 16.1 Å². The van der Waals surface area contributed by atoms with Crippen LogP contribution in [0.15, 0.2) is 53.4 Å². The van der Waals surface area contributed by atoms with Gasteiger partial charge in [0.15, 0.2) is 0 Å². The summed E-state index contributed by atoms with van der Waals surface area (Å²) in [4.78, 5) is 26.3. The number of rotatable bonds is 7. The molecule has 6 heteroatoms. The van der Waals surface area contributed by atoms with E-state index in [1.807, 2.05) is 48.5 Å². The van der Waals surface area contributed by atoms with Crippen molar-refractivity contribution in [3.05, 3.63) is 59.1 Å². The number of benzene rings is 2. The molecule has 0 saturated carbocycles. The minimum atomic E-state index is -0.0422. The fraction of sp³-hybridized carbons (Fsp3) is 0.263. The van der Waals surface area contributed by atoms with E-state index < -0.39 is 0 Å². The number of nitrogens with one attached hydrogen (secondary N) is 1. The Morgan fingerprint density at radius 1 is 1.12 bits per heavy atom. The third-order valence-corrected chi connectivity index (χ3v) is 4.91. The molecule has 0 aromatic heterocycles. The number of amides is 2. The number of thioether (sulfide) groups is 1. The number of hydrogen-bond acceptors (Lipinski definition) is 3. The third-order valence-electron chi connectivity index (χ3n) is 3.65. The van der Waals surface area contributed by atoms with E-state index in [4.69, 9.17) is 11.6 Å². The van der Waals surface area contributed by atoms with Crippen molar-refractivity contribution < 1.29 is 9.59 Å². The third kappa shape index (κ3) is 6.44. The molecule has 0 heterocycles. The van der Waals surface area contributed by atoms with E-state index >= 15 is 0 Å². The van der Waals surface area contributed by atoms with Crippen LogP contribution in [0.5, 0.6) is 0 Å². The lowest BCUT2D eigenvalue weighted by atomic mass is 10.1. The highest BCUT2D eigenvalue weighted by Gasteiger charge is 2.10. The van der Waals surface area contributed by atoms with Crippen LogP contribution >= 0.6 is 23.4 Å². The smallest absolute Gasteiger partial charge is 0.225 e. The normalized spacial score (nSPS) is 10.4. The standard InChI is InChI=1S/C19H21ClN2O2S/c1-14(23)22(2)13-15-5-3-4-6-18(15)21-19(24)11-12-25-17-9-7-16(20)8-10-17/h3-10H,11-13H2,1-2H3,(H,21,24). The minimum Gasteiger partial charge on any atom is -0.342 e. The highest BCUT2D eigenvalue weighted by molar-refractivity contribution is 7.99.